The zero-order valence-corrected chi connectivity index (χ0v) is 16.1. The van der Waals surface area contributed by atoms with E-state index in [9.17, 15) is 9.59 Å². The number of piperidine rings is 1. The number of anilines is 2. The molecule has 1 saturated carbocycles. The van der Waals surface area contributed by atoms with E-state index in [2.05, 4.69) is 15.3 Å². The lowest BCUT2D eigenvalue weighted by molar-refractivity contribution is -0.129. The second-order valence-corrected chi connectivity index (χ2v) is 7.34. The molecule has 0 atom stereocenters. The number of pyridine rings is 2. The van der Waals surface area contributed by atoms with Crippen LogP contribution in [0.25, 0.3) is 10.8 Å². The monoisotopic (exact) mass is 389 g/mol. The van der Waals surface area contributed by atoms with Gasteiger partial charge in [-0.15, -0.1) is 0 Å². The Balaban J connectivity index is 0.000000197. The van der Waals surface area contributed by atoms with Crippen LogP contribution in [0.1, 0.15) is 39.0 Å². The second-order valence-electron chi connectivity index (χ2n) is 6.95. The fraction of sp³-hybridized carbons (Fsp3) is 0.474. The number of aromatic nitrogens is 2. The molecule has 0 unspecified atom stereocenters. The number of nitrogens with two attached hydrogens (primary N) is 1. The Bertz CT molecular complexity index is 847. The molecule has 0 aromatic carbocycles. The van der Waals surface area contributed by atoms with E-state index in [-0.39, 0.29) is 17.7 Å². The van der Waals surface area contributed by atoms with Crippen LogP contribution in [0.5, 0.6) is 0 Å². The summed E-state index contributed by atoms with van der Waals surface area (Å²) in [4.78, 5) is 32.4. The summed E-state index contributed by atoms with van der Waals surface area (Å²) in [6.07, 6.45) is 7.20. The van der Waals surface area contributed by atoms with Gasteiger partial charge in [0, 0.05) is 37.5 Å². The molecule has 1 aliphatic heterocycles. The fourth-order valence-electron chi connectivity index (χ4n) is 2.99. The molecule has 4 rings (SSSR count). The Hall–Kier alpha value is -2.41. The number of fused-ring (bicyclic) bond motifs is 1. The first-order valence-electron chi connectivity index (χ1n) is 9.22. The number of likely N-dealkylation sites (tertiary alicyclic amines) is 1. The average Bonchev–Trinajstić information content (AvgIpc) is 3.48. The van der Waals surface area contributed by atoms with Gasteiger partial charge in [0.1, 0.15) is 16.8 Å². The number of halogens is 1. The zero-order valence-electron chi connectivity index (χ0n) is 15.4. The second kappa shape index (κ2) is 8.52. The Kier molecular flexibility index (Phi) is 6.11. The van der Waals surface area contributed by atoms with Gasteiger partial charge in [-0.3, -0.25) is 9.59 Å². The van der Waals surface area contributed by atoms with E-state index in [4.69, 9.17) is 17.3 Å². The van der Waals surface area contributed by atoms with Crippen molar-refractivity contribution in [1.82, 2.24) is 14.9 Å². The zero-order chi connectivity index (χ0) is 19.4. The number of carbonyl (C=O) groups excluding carboxylic acids is 2. The SMILES string of the molecule is CC(=O)N1CCCCC1.Nc1nc(Cl)cc2cc(NC(=O)C3CC3)ncc12. The van der Waals surface area contributed by atoms with E-state index in [1.807, 2.05) is 4.90 Å². The predicted molar refractivity (Wildman–Crippen MR) is 106 cm³/mol. The van der Waals surface area contributed by atoms with E-state index < -0.39 is 0 Å². The number of carbonyl (C=O) groups is 2. The van der Waals surface area contributed by atoms with Gasteiger partial charge in [-0.2, -0.15) is 0 Å². The van der Waals surface area contributed by atoms with Crippen LogP contribution in [-0.4, -0.2) is 39.8 Å². The molecular formula is C19H24ClN5O2. The predicted octanol–water partition coefficient (Wildman–Crippen LogP) is 3.23. The normalized spacial score (nSPS) is 16.4. The Labute approximate surface area is 163 Å². The van der Waals surface area contributed by atoms with Crippen molar-refractivity contribution in [3.05, 3.63) is 23.5 Å². The van der Waals surface area contributed by atoms with Crippen LogP contribution >= 0.6 is 11.6 Å². The average molecular weight is 390 g/mol. The fourth-order valence-corrected chi connectivity index (χ4v) is 3.20. The van der Waals surface area contributed by atoms with Crippen molar-refractivity contribution in [2.24, 2.45) is 5.92 Å². The van der Waals surface area contributed by atoms with Crippen molar-refractivity contribution in [1.29, 1.82) is 0 Å². The van der Waals surface area contributed by atoms with Gasteiger partial charge in [0.25, 0.3) is 0 Å². The van der Waals surface area contributed by atoms with Crippen LogP contribution in [0.4, 0.5) is 11.6 Å². The molecule has 2 amide bonds. The molecule has 2 aromatic rings. The summed E-state index contributed by atoms with van der Waals surface area (Å²) < 4.78 is 0. The maximum atomic E-state index is 11.6. The van der Waals surface area contributed by atoms with E-state index >= 15 is 0 Å². The molecule has 0 radical (unpaired) electrons. The first-order chi connectivity index (χ1) is 12.9. The summed E-state index contributed by atoms with van der Waals surface area (Å²) in [5.41, 5.74) is 5.74. The maximum Gasteiger partial charge on any atom is 0.228 e. The number of hydrogen-bond acceptors (Lipinski definition) is 5. The molecule has 144 valence electrons. The molecule has 0 spiro atoms. The van der Waals surface area contributed by atoms with Crippen molar-refractivity contribution < 1.29 is 9.59 Å². The highest BCUT2D eigenvalue weighted by molar-refractivity contribution is 6.30. The number of amides is 2. The standard InChI is InChI=1S/C12H11ClN4O.C7H13NO/c13-9-3-7-4-10(17-12(18)6-1-2-6)15-5-8(7)11(14)16-9;1-7(9)8-5-3-2-4-6-8/h3-6H,1-2H2,(H2,14,16)(H,15,17,18);2-6H2,1H3. The number of nitrogens with zero attached hydrogens (tertiary/aromatic N) is 3. The number of nitrogens with one attached hydrogen (secondary N) is 1. The maximum absolute atomic E-state index is 11.6. The van der Waals surface area contributed by atoms with Gasteiger partial charge < -0.3 is 16.0 Å². The van der Waals surface area contributed by atoms with Gasteiger partial charge in [0.05, 0.1) is 0 Å². The topological polar surface area (TPSA) is 101 Å². The highest BCUT2D eigenvalue weighted by Crippen LogP contribution is 2.30. The van der Waals surface area contributed by atoms with Gasteiger partial charge in [-0.25, -0.2) is 9.97 Å². The van der Waals surface area contributed by atoms with Crippen molar-refractivity contribution in [3.63, 3.8) is 0 Å². The first kappa shape index (κ1) is 19.4. The lowest BCUT2D eigenvalue weighted by Crippen LogP contribution is -2.33. The Morgan fingerprint density at radius 2 is 1.93 bits per heavy atom. The summed E-state index contributed by atoms with van der Waals surface area (Å²) in [7, 11) is 0. The van der Waals surface area contributed by atoms with Gasteiger partial charge in [-0.1, -0.05) is 11.6 Å². The Morgan fingerprint density at radius 3 is 2.52 bits per heavy atom. The Morgan fingerprint density at radius 1 is 1.22 bits per heavy atom. The molecule has 3 heterocycles. The lowest BCUT2D eigenvalue weighted by atomic mass is 10.1. The molecule has 3 N–H and O–H groups in total. The van der Waals surface area contributed by atoms with Crippen LogP contribution in [-0.2, 0) is 9.59 Å². The van der Waals surface area contributed by atoms with Crippen molar-refractivity contribution in [2.75, 3.05) is 24.1 Å². The third-order valence-electron chi connectivity index (χ3n) is 4.71. The highest BCUT2D eigenvalue weighted by Gasteiger charge is 2.29. The van der Waals surface area contributed by atoms with Gasteiger partial charge in [0.15, 0.2) is 0 Å². The molecule has 2 aromatic heterocycles. The third kappa shape index (κ3) is 5.29. The highest BCUT2D eigenvalue weighted by atomic mass is 35.5. The van der Waals surface area contributed by atoms with Crippen LogP contribution < -0.4 is 11.1 Å². The minimum atomic E-state index is 0.0231. The van der Waals surface area contributed by atoms with E-state index in [1.165, 1.54) is 19.3 Å². The summed E-state index contributed by atoms with van der Waals surface area (Å²) in [5.74, 6) is 1.25. The van der Waals surface area contributed by atoms with Crippen molar-refractivity contribution in [3.8, 4) is 0 Å². The summed E-state index contributed by atoms with van der Waals surface area (Å²) in [6, 6.07) is 3.45. The molecule has 1 saturated heterocycles. The van der Waals surface area contributed by atoms with Crippen LogP contribution in [0.2, 0.25) is 5.15 Å². The molecule has 2 aliphatic rings. The quantitative estimate of drug-likeness (QED) is 0.768. The minimum absolute atomic E-state index is 0.0231. The third-order valence-corrected chi connectivity index (χ3v) is 4.91. The van der Waals surface area contributed by atoms with Crippen molar-refractivity contribution >= 4 is 45.8 Å². The molecule has 2 fully saturated rings. The smallest absolute Gasteiger partial charge is 0.228 e. The van der Waals surface area contributed by atoms with Crippen LogP contribution in [0, 0.1) is 5.92 Å². The summed E-state index contributed by atoms with van der Waals surface area (Å²) in [6.45, 7) is 3.61. The van der Waals surface area contributed by atoms with E-state index in [1.54, 1.807) is 25.3 Å². The number of rotatable bonds is 2. The van der Waals surface area contributed by atoms with Gasteiger partial charge in [-0.05, 0) is 49.6 Å². The molecule has 0 bridgehead atoms. The molecule has 7 nitrogen and oxygen atoms in total. The molecule has 27 heavy (non-hydrogen) atoms. The van der Waals surface area contributed by atoms with Crippen molar-refractivity contribution in [2.45, 2.75) is 39.0 Å². The molecule has 8 heteroatoms. The summed E-state index contributed by atoms with van der Waals surface area (Å²) in [5, 5.41) is 4.64. The largest absolute Gasteiger partial charge is 0.383 e. The van der Waals surface area contributed by atoms with Crippen LogP contribution in [0.3, 0.4) is 0 Å². The molecule has 1 aliphatic carbocycles. The van der Waals surface area contributed by atoms with E-state index in [0.29, 0.717) is 16.8 Å². The minimum Gasteiger partial charge on any atom is -0.383 e. The lowest BCUT2D eigenvalue weighted by Gasteiger charge is -2.24. The first-order valence-corrected chi connectivity index (χ1v) is 9.60. The number of hydrogen-bond donors (Lipinski definition) is 2. The van der Waals surface area contributed by atoms with Gasteiger partial charge in [0.2, 0.25) is 11.8 Å². The van der Waals surface area contributed by atoms with E-state index in [0.717, 1.165) is 36.7 Å². The van der Waals surface area contributed by atoms with Crippen LogP contribution in [0.15, 0.2) is 18.3 Å². The number of nitrogen functional groups attached to an aromatic ring is 1. The molecular weight excluding hydrogens is 366 g/mol. The van der Waals surface area contributed by atoms with Gasteiger partial charge >= 0.3 is 0 Å². The summed E-state index contributed by atoms with van der Waals surface area (Å²) >= 11 is 5.84.